The van der Waals surface area contributed by atoms with E-state index in [0.29, 0.717) is 54.5 Å². The van der Waals surface area contributed by atoms with Gasteiger partial charge >= 0.3 is 12.3 Å². The Morgan fingerprint density at radius 3 is 2.48 bits per heavy atom. The number of aromatic nitrogens is 3. The van der Waals surface area contributed by atoms with Crippen LogP contribution in [-0.4, -0.2) is 76.3 Å². The van der Waals surface area contributed by atoms with Gasteiger partial charge in [0.1, 0.15) is 6.61 Å². The van der Waals surface area contributed by atoms with E-state index >= 15 is 4.39 Å². The van der Waals surface area contributed by atoms with Crippen LogP contribution in [-0.2, 0) is 9.53 Å². The Kier molecular flexibility index (Phi) is 12.1. The van der Waals surface area contributed by atoms with Crippen molar-refractivity contribution in [3.63, 3.8) is 0 Å². The molecular weight excluding hydrogens is 658 g/mol. The van der Waals surface area contributed by atoms with Gasteiger partial charge in [0.15, 0.2) is 6.23 Å². The van der Waals surface area contributed by atoms with E-state index in [4.69, 9.17) is 9.47 Å². The number of rotatable bonds is 14. The molecule has 1 saturated heterocycles. The van der Waals surface area contributed by atoms with Gasteiger partial charge in [0.2, 0.25) is 17.7 Å². The molecule has 1 atom stereocenters. The summed E-state index contributed by atoms with van der Waals surface area (Å²) in [4.78, 5) is 28.6. The second-order valence-corrected chi connectivity index (χ2v) is 11.9. The van der Waals surface area contributed by atoms with Crippen LogP contribution < -0.4 is 10.1 Å². The first kappa shape index (κ1) is 36.3. The maximum atomic E-state index is 15.3. The molecule has 2 N–H and O–H groups in total. The summed E-state index contributed by atoms with van der Waals surface area (Å²) in [5.41, 5.74) is 1.68. The molecule has 50 heavy (non-hydrogen) atoms. The second kappa shape index (κ2) is 16.6. The standard InChI is InChI=1S/C36H39F4N5O5/c1-41-30(46)11-5-7-17-44(35(47)48)18-20-49-31-16-14-26(23-42-31)33(28(22-36(38,39)40)24-9-3-2-4-10-24)25-13-15-29-27(21-25)34(37)43-45(29)32-12-6-8-19-50-32/h2-4,9-10,13-16,21,23,32H,5-8,11-12,17-20,22H2,1H3,(H,41,46)(H,47,48)/b33-28-. The van der Waals surface area contributed by atoms with Crippen LogP contribution in [0.15, 0.2) is 66.9 Å². The number of hydrogen-bond donors (Lipinski definition) is 2. The van der Waals surface area contributed by atoms with Crippen LogP contribution in [0.2, 0.25) is 0 Å². The molecule has 2 aromatic carbocycles. The molecule has 3 heterocycles. The number of fused-ring (bicyclic) bond motifs is 1. The summed E-state index contributed by atoms with van der Waals surface area (Å²) in [6.45, 7) is 0.764. The van der Waals surface area contributed by atoms with Crippen molar-refractivity contribution in [2.45, 2.75) is 57.3 Å². The highest BCUT2D eigenvalue weighted by Crippen LogP contribution is 2.40. The van der Waals surface area contributed by atoms with Gasteiger partial charge in [-0.05, 0) is 72.6 Å². The zero-order chi connectivity index (χ0) is 35.7. The maximum Gasteiger partial charge on any atom is 0.407 e. The lowest BCUT2D eigenvalue weighted by molar-refractivity contribution is -0.123. The van der Waals surface area contributed by atoms with Crippen molar-refractivity contribution >= 4 is 34.0 Å². The molecule has 0 spiro atoms. The molecule has 2 aromatic heterocycles. The molecule has 1 aliphatic heterocycles. The summed E-state index contributed by atoms with van der Waals surface area (Å²) < 4.78 is 70.8. The normalized spacial score (nSPS) is 15.4. The van der Waals surface area contributed by atoms with Crippen LogP contribution in [0.4, 0.5) is 22.4 Å². The van der Waals surface area contributed by atoms with E-state index in [2.05, 4.69) is 15.4 Å². The number of nitrogens with zero attached hydrogens (tertiary/aromatic N) is 4. The summed E-state index contributed by atoms with van der Waals surface area (Å²) in [6.07, 6.45) is -2.21. The van der Waals surface area contributed by atoms with Crippen molar-refractivity contribution in [1.29, 1.82) is 0 Å². The number of carboxylic acid groups (broad SMARTS) is 1. The van der Waals surface area contributed by atoms with E-state index in [1.165, 1.54) is 35.0 Å². The molecule has 0 saturated carbocycles. The van der Waals surface area contributed by atoms with Gasteiger partial charge in [-0.3, -0.25) is 4.79 Å². The topological polar surface area (TPSA) is 119 Å². The molecule has 1 fully saturated rings. The Labute approximate surface area is 286 Å². The number of pyridine rings is 1. The monoisotopic (exact) mass is 697 g/mol. The highest BCUT2D eigenvalue weighted by molar-refractivity contribution is 6.00. The Morgan fingerprint density at radius 2 is 1.82 bits per heavy atom. The molecular formula is C36H39F4N5O5. The lowest BCUT2D eigenvalue weighted by Crippen LogP contribution is -2.34. The average Bonchev–Trinajstić information content (AvgIpc) is 3.45. The van der Waals surface area contributed by atoms with E-state index < -0.39 is 30.9 Å². The average molecular weight is 698 g/mol. The number of carbonyl (C=O) groups excluding carboxylic acids is 1. The first-order valence-electron chi connectivity index (χ1n) is 16.5. The van der Waals surface area contributed by atoms with Gasteiger partial charge in [-0.1, -0.05) is 36.4 Å². The zero-order valence-corrected chi connectivity index (χ0v) is 27.6. The molecule has 10 nitrogen and oxygen atoms in total. The van der Waals surface area contributed by atoms with Gasteiger partial charge in [0, 0.05) is 44.4 Å². The Bertz CT molecular complexity index is 1790. The van der Waals surface area contributed by atoms with Crippen LogP contribution in [0, 0.1) is 5.95 Å². The molecule has 1 aliphatic rings. The van der Waals surface area contributed by atoms with Crippen molar-refractivity contribution in [2.75, 3.05) is 33.4 Å². The number of alkyl halides is 3. The smallest absolute Gasteiger partial charge is 0.407 e. The van der Waals surface area contributed by atoms with Gasteiger partial charge < -0.3 is 24.8 Å². The van der Waals surface area contributed by atoms with Crippen LogP contribution in [0.3, 0.4) is 0 Å². The van der Waals surface area contributed by atoms with Crippen LogP contribution in [0.25, 0.3) is 22.0 Å². The first-order valence-corrected chi connectivity index (χ1v) is 16.5. The molecule has 4 aromatic rings. The number of halogens is 4. The maximum absolute atomic E-state index is 15.3. The number of amides is 2. The molecule has 266 valence electrons. The predicted octanol–water partition coefficient (Wildman–Crippen LogP) is 7.46. The van der Waals surface area contributed by atoms with Gasteiger partial charge in [-0.25, -0.2) is 14.5 Å². The summed E-state index contributed by atoms with van der Waals surface area (Å²) in [5, 5.41) is 16.3. The fraction of sp³-hybridized carbons (Fsp3) is 0.389. The third-order valence-corrected chi connectivity index (χ3v) is 8.45. The third kappa shape index (κ3) is 9.37. The summed E-state index contributed by atoms with van der Waals surface area (Å²) >= 11 is 0. The van der Waals surface area contributed by atoms with Gasteiger partial charge in [0.05, 0.1) is 23.9 Å². The quantitative estimate of drug-likeness (QED) is 0.0798. The number of unbranched alkanes of at least 4 members (excludes halogenated alkanes) is 1. The number of nitrogens with one attached hydrogen (secondary N) is 1. The van der Waals surface area contributed by atoms with E-state index in [9.17, 15) is 27.9 Å². The van der Waals surface area contributed by atoms with Crippen molar-refractivity contribution in [3.05, 3.63) is 89.5 Å². The SMILES string of the molecule is CNC(=O)CCCCN(CCOc1ccc(/C(=C(/CC(F)(F)F)c2ccccc2)c2ccc3c(c2)c(F)nn3C2CCCCO2)cn1)C(=O)O. The van der Waals surface area contributed by atoms with Gasteiger partial charge in [-0.2, -0.15) is 17.6 Å². The summed E-state index contributed by atoms with van der Waals surface area (Å²) in [6, 6.07) is 16.1. The number of benzene rings is 2. The minimum Gasteiger partial charge on any atom is -0.476 e. The largest absolute Gasteiger partial charge is 0.476 e. The minimum absolute atomic E-state index is 0.0230. The van der Waals surface area contributed by atoms with E-state index in [1.54, 1.807) is 48.5 Å². The van der Waals surface area contributed by atoms with Crippen molar-refractivity contribution in [2.24, 2.45) is 0 Å². The number of hydrogen-bond acceptors (Lipinski definition) is 6. The second-order valence-electron chi connectivity index (χ2n) is 11.9. The lowest BCUT2D eigenvalue weighted by Gasteiger charge is -2.23. The van der Waals surface area contributed by atoms with E-state index in [0.717, 1.165) is 12.8 Å². The molecule has 0 aliphatic carbocycles. The lowest BCUT2D eigenvalue weighted by atomic mass is 9.88. The highest BCUT2D eigenvalue weighted by atomic mass is 19.4. The molecule has 14 heteroatoms. The number of allylic oxidation sites excluding steroid dienone is 1. The molecule has 0 radical (unpaired) electrons. The van der Waals surface area contributed by atoms with Crippen molar-refractivity contribution in [3.8, 4) is 5.88 Å². The Balaban J connectivity index is 1.44. The van der Waals surface area contributed by atoms with E-state index in [1.807, 2.05) is 0 Å². The van der Waals surface area contributed by atoms with Gasteiger partial charge in [0.25, 0.3) is 0 Å². The Morgan fingerprint density at radius 1 is 1.04 bits per heavy atom. The van der Waals surface area contributed by atoms with Crippen LogP contribution in [0.1, 0.15) is 67.9 Å². The highest BCUT2D eigenvalue weighted by Gasteiger charge is 2.32. The molecule has 1 unspecified atom stereocenters. The van der Waals surface area contributed by atoms with Crippen molar-refractivity contribution in [1.82, 2.24) is 25.0 Å². The van der Waals surface area contributed by atoms with Crippen LogP contribution >= 0.6 is 0 Å². The minimum atomic E-state index is -4.57. The third-order valence-electron chi connectivity index (χ3n) is 8.45. The number of carbonyl (C=O) groups is 2. The molecule has 2 amide bonds. The molecule has 0 bridgehead atoms. The van der Waals surface area contributed by atoms with Gasteiger partial charge in [-0.15, -0.1) is 5.10 Å². The Hall–Kier alpha value is -4.98. The fourth-order valence-electron chi connectivity index (χ4n) is 5.97. The number of ether oxygens (including phenoxy) is 2. The van der Waals surface area contributed by atoms with Crippen LogP contribution in [0.5, 0.6) is 5.88 Å². The van der Waals surface area contributed by atoms with Crippen molar-refractivity contribution < 1.29 is 41.7 Å². The summed E-state index contributed by atoms with van der Waals surface area (Å²) in [7, 11) is 1.54. The predicted molar refractivity (Wildman–Crippen MR) is 179 cm³/mol. The molecule has 5 rings (SSSR count). The summed E-state index contributed by atoms with van der Waals surface area (Å²) in [5.74, 6) is -0.729. The first-order chi connectivity index (χ1) is 24.0. The zero-order valence-electron chi connectivity index (χ0n) is 27.6. The van der Waals surface area contributed by atoms with E-state index in [-0.39, 0.29) is 48.0 Å². The fourth-order valence-corrected chi connectivity index (χ4v) is 5.97.